The van der Waals surface area contributed by atoms with Gasteiger partial charge in [-0.2, -0.15) is 0 Å². The predicted molar refractivity (Wildman–Crippen MR) is 131 cm³/mol. The lowest BCUT2D eigenvalue weighted by Crippen LogP contribution is -2.61. The standard InChI is InChI=1S/C26H35FN4O4/c1-25(2,3)35-24(33)30-10-8-26(9-11-30)15-31(16-26)23-28-20-13-18(34-14-17-6-4-5-7-17)12-19(27)21(20)22(32)29-23/h12-13,17H,4-11,14-16H2,1-3H3,(H,28,29,32). The van der Waals surface area contributed by atoms with E-state index < -0.39 is 17.0 Å². The summed E-state index contributed by atoms with van der Waals surface area (Å²) in [7, 11) is 0. The van der Waals surface area contributed by atoms with Gasteiger partial charge in [-0.3, -0.25) is 9.78 Å². The number of aromatic amines is 1. The maximum absolute atomic E-state index is 14.7. The first-order valence-electron chi connectivity index (χ1n) is 12.7. The van der Waals surface area contributed by atoms with E-state index in [9.17, 15) is 14.0 Å². The highest BCUT2D eigenvalue weighted by molar-refractivity contribution is 5.81. The number of nitrogens with one attached hydrogen (secondary N) is 1. The average Bonchev–Trinajstić information content (AvgIpc) is 3.28. The maximum atomic E-state index is 14.7. The number of ether oxygens (including phenoxy) is 2. The Bertz CT molecular complexity index is 1150. The molecule has 2 saturated heterocycles. The smallest absolute Gasteiger partial charge is 0.410 e. The van der Waals surface area contributed by atoms with Gasteiger partial charge in [0, 0.05) is 43.7 Å². The molecule has 9 heteroatoms. The Morgan fingerprint density at radius 1 is 1.20 bits per heavy atom. The first-order valence-corrected chi connectivity index (χ1v) is 12.7. The summed E-state index contributed by atoms with van der Waals surface area (Å²) in [4.78, 5) is 36.2. The van der Waals surface area contributed by atoms with Crippen LogP contribution in [0.5, 0.6) is 5.75 Å². The Morgan fingerprint density at radius 2 is 1.89 bits per heavy atom. The van der Waals surface area contributed by atoms with Crippen molar-refractivity contribution < 1.29 is 18.7 Å². The minimum atomic E-state index is -0.612. The van der Waals surface area contributed by atoms with E-state index in [1.54, 1.807) is 11.0 Å². The quantitative estimate of drug-likeness (QED) is 0.686. The Kier molecular flexibility index (Phi) is 6.13. The van der Waals surface area contributed by atoms with Crippen molar-refractivity contribution in [3.05, 3.63) is 28.3 Å². The largest absolute Gasteiger partial charge is 0.493 e. The van der Waals surface area contributed by atoms with E-state index in [-0.39, 0.29) is 16.9 Å². The monoisotopic (exact) mass is 486 g/mol. The molecule has 3 fully saturated rings. The zero-order valence-corrected chi connectivity index (χ0v) is 20.9. The lowest BCUT2D eigenvalue weighted by atomic mass is 9.72. The van der Waals surface area contributed by atoms with Crippen LogP contribution in [0.15, 0.2) is 16.9 Å². The highest BCUT2D eigenvalue weighted by atomic mass is 19.1. The molecule has 1 amide bonds. The molecule has 1 aliphatic carbocycles. The molecule has 3 aliphatic rings. The molecule has 1 aromatic heterocycles. The van der Waals surface area contributed by atoms with Gasteiger partial charge in [0.1, 0.15) is 22.6 Å². The second-order valence-corrected chi connectivity index (χ2v) is 11.5. The summed E-state index contributed by atoms with van der Waals surface area (Å²) < 4.78 is 26.1. The van der Waals surface area contributed by atoms with Crippen molar-refractivity contribution in [2.45, 2.75) is 64.9 Å². The van der Waals surface area contributed by atoms with E-state index in [1.807, 2.05) is 25.7 Å². The summed E-state index contributed by atoms with van der Waals surface area (Å²) in [5.74, 6) is 0.768. The van der Waals surface area contributed by atoms with Crippen LogP contribution < -0.4 is 15.2 Å². The van der Waals surface area contributed by atoms with Gasteiger partial charge < -0.3 is 19.3 Å². The predicted octanol–water partition coefficient (Wildman–Crippen LogP) is 4.47. The van der Waals surface area contributed by atoms with Crippen LogP contribution in [0.3, 0.4) is 0 Å². The SMILES string of the molecule is CC(C)(C)OC(=O)N1CCC2(CC1)CN(c1nc3cc(OCC4CCCC4)cc(F)c3c(=O)[nH]1)C2. The molecule has 1 saturated carbocycles. The number of halogens is 1. The van der Waals surface area contributed by atoms with E-state index in [2.05, 4.69) is 9.97 Å². The fourth-order valence-corrected chi connectivity index (χ4v) is 5.53. The van der Waals surface area contributed by atoms with E-state index in [0.29, 0.717) is 42.8 Å². The summed E-state index contributed by atoms with van der Waals surface area (Å²) in [6, 6.07) is 2.95. The molecular weight excluding hydrogens is 451 g/mol. The molecule has 0 unspecified atom stereocenters. The van der Waals surface area contributed by atoms with E-state index in [1.165, 1.54) is 18.9 Å². The second kappa shape index (κ2) is 8.99. The first-order chi connectivity index (χ1) is 16.6. The molecule has 1 spiro atoms. The van der Waals surface area contributed by atoms with Crippen molar-refractivity contribution in [1.82, 2.24) is 14.9 Å². The third kappa shape index (κ3) is 5.09. The summed E-state index contributed by atoms with van der Waals surface area (Å²) in [6.07, 6.45) is 6.20. The highest BCUT2D eigenvalue weighted by Crippen LogP contribution is 2.42. The normalized spacial score (nSPS) is 20.3. The summed E-state index contributed by atoms with van der Waals surface area (Å²) in [5, 5.41) is -0.0390. The number of anilines is 1. The summed E-state index contributed by atoms with van der Waals surface area (Å²) in [6.45, 7) is 8.95. The minimum absolute atomic E-state index is 0.0390. The number of carbonyl (C=O) groups is 1. The van der Waals surface area contributed by atoms with Gasteiger partial charge in [0.15, 0.2) is 0 Å². The number of rotatable bonds is 4. The van der Waals surface area contributed by atoms with Crippen LogP contribution in [0.2, 0.25) is 0 Å². The Morgan fingerprint density at radius 3 is 2.54 bits per heavy atom. The van der Waals surface area contributed by atoms with Crippen LogP contribution in [-0.4, -0.2) is 59.3 Å². The molecule has 5 rings (SSSR count). The third-order valence-corrected chi connectivity index (χ3v) is 7.51. The number of nitrogens with zero attached hydrogens (tertiary/aromatic N) is 3. The zero-order valence-electron chi connectivity index (χ0n) is 20.9. The lowest BCUT2D eigenvalue weighted by molar-refractivity contribution is 0.00580. The molecule has 0 radical (unpaired) electrons. The van der Waals surface area contributed by atoms with Crippen LogP contribution in [0, 0.1) is 17.2 Å². The van der Waals surface area contributed by atoms with Crippen molar-refractivity contribution in [2.24, 2.45) is 11.3 Å². The number of fused-ring (bicyclic) bond motifs is 1. The number of carbonyl (C=O) groups excluding carboxylic acids is 1. The first kappa shape index (κ1) is 23.9. The van der Waals surface area contributed by atoms with Crippen molar-refractivity contribution in [1.29, 1.82) is 0 Å². The average molecular weight is 487 g/mol. The highest BCUT2D eigenvalue weighted by Gasteiger charge is 2.46. The topological polar surface area (TPSA) is 87.8 Å². The number of hydrogen-bond donors (Lipinski definition) is 1. The molecule has 2 aliphatic heterocycles. The zero-order chi connectivity index (χ0) is 24.8. The second-order valence-electron chi connectivity index (χ2n) is 11.5. The van der Waals surface area contributed by atoms with E-state index in [4.69, 9.17) is 9.47 Å². The Labute approximate surface area is 204 Å². The fourth-order valence-electron chi connectivity index (χ4n) is 5.53. The molecule has 190 valence electrons. The third-order valence-electron chi connectivity index (χ3n) is 7.51. The van der Waals surface area contributed by atoms with Crippen molar-refractivity contribution in [3.63, 3.8) is 0 Å². The van der Waals surface area contributed by atoms with Gasteiger partial charge in [0.2, 0.25) is 5.95 Å². The molecule has 1 N–H and O–H groups in total. The molecule has 1 aromatic carbocycles. The van der Waals surface area contributed by atoms with Crippen LogP contribution in [0.25, 0.3) is 10.9 Å². The maximum Gasteiger partial charge on any atom is 0.410 e. The van der Waals surface area contributed by atoms with E-state index in [0.717, 1.165) is 38.8 Å². The summed E-state index contributed by atoms with van der Waals surface area (Å²) in [5.41, 5.74) is -0.589. The molecule has 0 atom stereocenters. The molecular formula is C26H35FN4O4. The number of H-pyrrole nitrogens is 1. The fraction of sp³-hybridized carbons (Fsp3) is 0.654. The van der Waals surface area contributed by atoms with Crippen LogP contribution >= 0.6 is 0 Å². The van der Waals surface area contributed by atoms with Crippen LogP contribution in [0.1, 0.15) is 59.3 Å². The summed E-state index contributed by atoms with van der Waals surface area (Å²) >= 11 is 0. The van der Waals surface area contributed by atoms with Crippen molar-refractivity contribution in [2.75, 3.05) is 37.7 Å². The van der Waals surface area contributed by atoms with Gasteiger partial charge in [0.25, 0.3) is 5.56 Å². The van der Waals surface area contributed by atoms with Gasteiger partial charge in [0.05, 0.1) is 12.1 Å². The Balaban J connectivity index is 1.24. The van der Waals surface area contributed by atoms with Gasteiger partial charge in [-0.15, -0.1) is 0 Å². The molecule has 3 heterocycles. The van der Waals surface area contributed by atoms with Gasteiger partial charge in [-0.05, 0) is 52.4 Å². The number of hydrogen-bond acceptors (Lipinski definition) is 6. The van der Waals surface area contributed by atoms with E-state index >= 15 is 0 Å². The molecule has 35 heavy (non-hydrogen) atoms. The number of amides is 1. The Hall–Kier alpha value is -2.84. The van der Waals surface area contributed by atoms with Gasteiger partial charge in [-0.1, -0.05) is 12.8 Å². The van der Waals surface area contributed by atoms with Crippen LogP contribution in [-0.2, 0) is 4.74 Å². The van der Waals surface area contributed by atoms with Crippen LogP contribution in [0.4, 0.5) is 15.1 Å². The number of likely N-dealkylation sites (tertiary alicyclic amines) is 1. The van der Waals surface area contributed by atoms with Gasteiger partial charge >= 0.3 is 6.09 Å². The molecule has 2 aromatic rings. The minimum Gasteiger partial charge on any atom is -0.493 e. The number of benzene rings is 1. The van der Waals surface area contributed by atoms with Crippen molar-refractivity contribution in [3.8, 4) is 5.75 Å². The molecule has 0 bridgehead atoms. The number of piperidine rings is 1. The number of aromatic nitrogens is 2. The van der Waals surface area contributed by atoms with Crippen molar-refractivity contribution >= 4 is 22.9 Å². The lowest BCUT2D eigenvalue weighted by Gasteiger charge is -2.54. The van der Waals surface area contributed by atoms with Gasteiger partial charge in [-0.25, -0.2) is 14.2 Å². The molecule has 8 nitrogen and oxygen atoms in total.